The summed E-state index contributed by atoms with van der Waals surface area (Å²) in [7, 11) is -18.8. The number of benzene rings is 10. The normalized spacial score (nSPS) is 11.7. The molecular weight excluding hydrogens is 2040 g/mol. The minimum atomic E-state index is -5.15. The molecule has 0 fully saturated rings. The molecular formula is C73H55Br4N15Na4O18S8. The van der Waals surface area contributed by atoms with Crippen molar-refractivity contribution in [3.63, 3.8) is 0 Å². The first kappa shape index (κ1) is 106. The number of thiocarbonyl (C=S) groups is 4. The molecule has 0 aliphatic heterocycles. The second-order valence-corrected chi connectivity index (χ2v) is 34.1. The fraction of sp³-hybridized carbons (Fsp3) is 0.0411. The van der Waals surface area contributed by atoms with Crippen molar-refractivity contribution >= 4 is 290 Å². The Bertz CT molecular complexity index is 6350. The molecule has 122 heavy (non-hydrogen) atoms. The van der Waals surface area contributed by atoms with E-state index in [1.807, 2.05) is 48.5 Å². The van der Waals surface area contributed by atoms with Crippen molar-refractivity contribution in [2.24, 2.45) is 15.2 Å². The molecule has 0 saturated heterocycles. The van der Waals surface area contributed by atoms with Crippen LogP contribution in [0.25, 0.3) is 45.8 Å². The minimum absolute atomic E-state index is 0. The van der Waals surface area contributed by atoms with Crippen LogP contribution in [0.1, 0.15) is 33.4 Å². The van der Waals surface area contributed by atoms with Crippen molar-refractivity contribution in [2.45, 2.75) is 31.7 Å². The van der Waals surface area contributed by atoms with Crippen LogP contribution in [0.15, 0.2) is 235 Å². The van der Waals surface area contributed by atoms with Crippen molar-refractivity contribution in [1.29, 1.82) is 0 Å². The summed E-state index contributed by atoms with van der Waals surface area (Å²) in [5.74, 6) is -3.68. The molecule has 2 unspecified atom stereocenters. The number of rotatable bonds is 24. The van der Waals surface area contributed by atoms with Gasteiger partial charge in [-0.2, -0.15) is 15.2 Å². The predicted octanol–water partition coefficient (Wildman–Crippen LogP) is -1.34. The molecule has 0 aliphatic carbocycles. The van der Waals surface area contributed by atoms with Crippen LogP contribution in [0.3, 0.4) is 0 Å². The van der Waals surface area contributed by atoms with E-state index in [0.717, 1.165) is 70.1 Å². The Morgan fingerprint density at radius 2 is 0.705 bits per heavy atom. The zero-order chi connectivity index (χ0) is 86.0. The number of hydrogen-bond donors (Lipinski definition) is 14. The Kier molecular flexibility index (Phi) is 41.6. The predicted molar refractivity (Wildman–Crippen MR) is 472 cm³/mol. The minimum Gasteiger partial charge on any atom is -0.744 e. The second kappa shape index (κ2) is 48.1. The summed E-state index contributed by atoms with van der Waals surface area (Å²) in [4.78, 5) is 54.5. The number of carbonyl (C=O) groups excluding carboxylic acids is 4. The molecule has 0 aromatic heterocycles. The number of phenolic OH excluding ortho intramolecular Hbond substituents is 2. The van der Waals surface area contributed by atoms with Crippen LogP contribution in [0.5, 0.6) is 11.5 Å². The molecule has 0 radical (unpaired) electrons. The Balaban J connectivity index is 0.000000420. The number of anilines is 5. The van der Waals surface area contributed by atoms with Crippen molar-refractivity contribution in [3.05, 3.63) is 233 Å². The van der Waals surface area contributed by atoms with Crippen LogP contribution >= 0.6 is 113 Å². The van der Waals surface area contributed by atoms with Gasteiger partial charge in [0.2, 0.25) is 0 Å². The molecule has 0 spiro atoms. The third kappa shape index (κ3) is 31.0. The first-order valence-corrected chi connectivity index (χ1v) is 43.3. The van der Waals surface area contributed by atoms with Gasteiger partial charge in [-0.25, -0.2) is 44.5 Å². The molecule has 0 saturated carbocycles. The summed E-state index contributed by atoms with van der Waals surface area (Å²) < 4.78 is 147. The van der Waals surface area contributed by atoms with Gasteiger partial charge in [0.1, 0.15) is 52.0 Å². The van der Waals surface area contributed by atoms with Crippen LogP contribution in [-0.4, -0.2) is 138 Å². The molecule has 10 aromatic rings. The van der Waals surface area contributed by atoms with Gasteiger partial charge in [0.05, 0.1) is 60.8 Å². The van der Waals surface area contributed by atoms with Crippen LogP contribution in [0.2, 0.25) is 0 Å². The number of nitrogens with one attached hydrogen (secondary N) is 12. The number of hydrazone groups is 2. The molecule has 2 atom stereocenters. The van der Waals surface area contributed by atoms with E-state index in [1.54, 1.807) is 60.7 Å². The van der Waals surface area contributed by atoms with Crippen LogP contribution in [-0.2, 0) is 59.7 Å². The molecule has 4 amide bonds. The number of nitrogens with zero attached hydrogens (tertiary/aromatic N) is 3. The number of fused-ring (bicyclic) bond motifs is 2. The Labute approximate surface area is 840 Å². The van der Waals surface area contributed by atoms with E-state index < -0.39 is 95.8 Å². The smallest absolute Gasteiger partial charge is 0.744 e. The molecule has 0 aliphatic rings. The molecule has 14 N–H and O–H groups in total. The third-order valence-electron chi connectivity index (χ3n) is 15.8. The summed E-state index contributed by atoms with van der Waals surface area (Å²) in [6, 6.07) is 42.6. The fourth-order valence-corrected chi connectivity index (χ4v) is 16.1. The number of halogens is 4. The van der Waals surface area contributed by atoms with E-state index in [-0.39, 0.29) is 190 Å². The molecule has 10 aromatic carbocycles. The van der Waals surface area contributed by atoms with Crippen molar-refractivity contribution in [2.75, 3.05) is 33.6 Å². The summed E-state index contributed by atoms with van der Waals surface area (Å²) in [5.41, 5.74) is 15.5. The molecule has 10 rings (SSSR count). The number of isothiocyanates is 1. The quantitative estimate of drug-likeness (QED) is 0.00633. The van der Waals surface area contributed by atoms with Gasteiger partial charge in [-0.15, -0.1) is 0 Å². The van der Waals surface area contributed by atoms with Crippen molar-refractivity contribution in [1.82, 2.24) is 37.9 Å². The maximum atomic E-state index is 13.5. The Morgan fingerprint density at radius 1 is 0.402 bits per heavy atom. The number of aliphatic imine (C=N–C) groups is 1. The standard InChI is InChI=1S/C37H32Br2N8O9S4.C36H27Br2N7O9S4.4Na/c1-40-36(57)43-26-12-9-22(30(17-26)59(51,52)53)6-7-23-10-13-27(18-31(23)60(54,55)56)44-37(58)47-46-35(50)32(42-25-11-8-21-4-2-3-5-24(21)16-25)34(49)45-41-19-20-14-28(38)33(48)29(39)15-20;37-28-13-20(14-29(38)33(28)46)18-40-43-34(47)32(41-26-11-7-21-3-1-2-4-24(21)15-26)35(48)44-45-36(56)42-27-12-9-23(31(17-27)58(52,53)54)6-5-22-8-10-25(39-19-55)16-30(22)57(49,50)51;;;;/h2-19,32,42,48H,1H3,(H,45,49)(H,46,50)(H2,40,43,57)(H2,44,47,58)(H,51,52,53)(H,54,55,56);1-18,32,41,46H,(H,43,47)(H,44,48)(H2,42,45,56)(H,49,50,51)(H,52,53,54);;;;/q;;4*+1/p-4/b7-6+,41-19+;6-5+,40-18+;;;;. The number of phenols is 2. The van der Waals surface area contributed by atoms with Crippen LogP contribution < -0.4 is 183 Å². The summed E-state index contributed by atoms with van der Waals surface area (Å²) in [6.07, 6.45) is 7.12. The van der Waals surface area contributed by atoms with E-state index in [2.05, 4.69) is 161 Å². The van der Waals surface area contributed by atoms with Gasteiger partial charge in [0.15, 0.2) is 27.4 Å². The first-order chi connectivity index (χ1) is 55.7. The fourth-order valence-electron chi connectivity index (χ4n) is 10.3. The van der Waals surface area contributed by atoms with E-state index in [1.165, 1.54) is 68.0 Å². The average molecular weight is 2100 g/mol. The maximum absolute atomic E-state index is 13.5. The molecule has 610 valence electrons. The summed E-state index contributed by atoms with van der Waals surface area (Å²) >= 11 is 32.9. The van der Waals surface area contributed by atoms with Gasteiger partial charge < -0.3 is 60.3 Å². The number of hydrogen-bond acceptors (Lipinski definition) is 27. The first-order valence-electron chi connectivity index (χ1n) is 32.8. The van der Waals surface area contributed by atoms with Crippen LogP contribution in [0, 0.1) is 0 Å². The zero-order valence-corrected chi connectivity index (χ0v) is 84.4. The van der Waals surface area contributed by atoms with E-state index in [0.29, 0.717) is 40.4 Å². The van der Waals surface area contributed by atoms with Gasteiger partial charge in [-0.3, -0.25) is 40.9 Å². The zero-order valence-electron chi connectivity index (χ0n) is 63.5. The van der Waals surface area contributed by atoms with Crippen molar-refractivity contribution < 1.29 is 200 Å². The van der Waals surface area contributed by atoms with E-state index in [4.69, 9.17) is 36.7 Å². The van der Waals surface area contributed by atoms with Gasteiger partial charge in [0.25, 0.3) is 23.6 Å². The van der Waals surface area contributed by atoms with E-state index >= 15 is 0 Å². The molecule has 0 bridgehead atoms. The van der Waals surface area contributed by atoms with Gasteiger partial charge in [-0.1, -0.05) is 109 Å². The second-order valence-electron chi connectivity index (χ2n) is 23.9. The largest absolute Gasteiger partial charge is 1.00 e. The monoisotopic (exact) mass is 2090 g/mol. The third-order valence-corrected chi connectivity index (χ3v) is 22.6. The number of hydrazine groups is 2. The molecule has 33 nitrogen and oxygen atoms in total. The number of carbonyl (C=O) groups is 4. The maximum Gasteiger partial charge on any atom is 1.00 e. The Morgan fingerprint density at radius 3 is 1.02 bits per heavy atom. The summed E-state index contributed by atoms with van der Waals surface area (Å²) in [5, 5.41) is 49.3. The molecule has 49 heteroatoms. The number of aromatic hydroxyl groups is 2. The van der Waals surface area contributed by atoms with Gasteiger partial charge >= 0.3 is 118 Å². The van der Waals surface area contributed by atoms with Crippen LogP contribution in [0.4, 0.5) is 34.1 Å². The topological polar surface area (TPSA) is 519 Å². The Hall–Kier alpha value is -6.95. The van der Waals surface area contributed by atoms with Gasteiger partial charge in [0, 0.05) is 35.5 Å². The SMILES string of the molecule is CNC(=S)Nc1ccc(/C=C/c2ccc(NC(=S)NNC(=O)C(Nc3ccc4ccccc4c3)C(=O)N/N=C/c3cc(Br)c(O)c(Br)c3)cc2S(=O)(=O)[O-])c(S(=O)(=O)[O-])c1.O=C(N/N=C/c1cc(Br)c(O)c(Br)c1)C(Nc1ccc2ccccc2c1)C(=O)NNC(=S)Nc1ccc(/C=C/c2ccc(N=C=S)cc2S(=O)(=O)[O-])c(S(=O)(=O)[O-])c1.[Na+].[Na+].[Na+].[Na+]. The molecule has 0 heterocycles. The number of amides is 4. The van der Waals surface area contributed by atoms with Gasteiger partial charge in [-0.05, 0) is 265 Å². The summed E-state index contributed by atoms with van der Waals surface area (Å²) in [6.45, 7) is 0. The van der Waals surface area contributed by atoms with E-state index in [9.17, 15) is 81.3 Å². The van der Waals surface area contributed by atoms with Crippen molar-refractivity contribution in [3.8, 4) is 11.5 Å². The average Bonchev–Trinajstić information content (AvgIpc) is 0.805.